The Bertz CT molecular complexity index is 640. The van der Waals surface area contributed by atoms with E-state index < -0.39 is 0 Å². The molecule has 1 fully saturated rings. The Morgan fingerprint density at radius 1 is 1.33 bits per heavy atom. The second-order valence-corrected chi connectivity index (χ2v) is 5.11. The van der Waals surface area contributed by atoms with Crippen molar-refractivity contribution in [2.45, 2.75) is 32.4 Å². The van der Waals surface area contributed by atoms with E-state index in [1.54, 1.807) is 19.2 Å². The third kappa shape index (κ3) is 3.75. The zero-order chi connectivity index (χ0) is 14.7. The number of nitrogens with zero attached hydrogens (tertiary/aromatic N) is 3. The summed E-state index contributed by atoms with van der Waals surface area (Å²) in [5, 5.41) is 6.10. The predicted molar refractivity (Wildman–Crippen MR) is 78.8 cm³/mol. The first-order valence-electron chi connectivity index (χ1n) is 7.01. The summed E-state index contributed by atoms with van der Waals surface area (Å²) in [5.74, 6) is 1.07. The third-order valence-electron chi connectivity index (χ3n) is 3.16. The Kier molecular flexibility index (Phi) is 3.77. The zero-order valence-corrected chi connectivity index (χ0v) is 11.8. The van der Waals surface area contributed by atoms with E-state index in [0.29, 0.717) is 29.9 Å². The number of pyridine rings is 1. The topological polar surface area (TPSA) is 79.8 Å². The fraction of sp³-hybridized carbons (Fsp3) is 0.333. The number of hydrogen-bond donors (Lipinski definition) is 2. The molecule has 2 aromatic rings. The van der Waals surface area contributed by atoms with Crippen molar-refractivity contribution >= 4 is 11.7 Å². The van der Waals surface area contributed by atoms with Gasteiger partial charge in [0.2, 0.25) is 0 Å². The standard InChI is InChI=1S/C15H17N5O/c1-10-18-13(15(21)20-11-5-6-11)8-14(19-10)17-9-12-4-2-3-7-16-12/h2-4,7-8,11H,5-6,9H2,1H3,(H,20,21)(H,17,18,19). The summed E-state index contributed by atoms with van der Waals surface area (Å²) in [5.41, 5.74) is 1.32. The van der Waals surface area contributed by atoms with Gasteiger partial charge in [0.05, 0.1) is 12.2 Å². The summed E-state index contributed by atoms with van der Waals surface area (Å²) < 4.78 is 0. The molecule has 0 atom stereocenters. The Morgan fingerprint density at radius 3 is 2.90 bits per heavy atom. The largest absolute Gasteiger partial charge is 0.364 e. The second kappa shape index (κ2) is 5.87. The lowest BCUT2D eigenvalue weighted by atomic mass is 10.3. The zero-order valence-electron chi connectivity index (χ0n) is 11.8. The molecule has 6 nitrogen and oxygen atoms in total. The molecule has 2 heterocycles. The van der Waals surface area contributed by atoms with Gasteiger partial charge in [-0.25, -0.2) is 9.97 Å². The van der Waals surface area contributed by atoms with Gasteiger partial charge in [-0.05, 0) is 31.9 Å². The molecule has 1 amide bonds. The molecule has 1 aliphatic carbocycles. The summed E-state index contributed by atoms with van der Waals surface area (Å²) in [6.07, 6.45) is 3.86. The van der Waals surface area contributed by atoms with Crippen molar-refractivity contribution in [1.29, 1.82) is 0 Å². The van der Waals surface area contributed by atoms with Gasteiger partial charge >= 0.3 is 0 Å². The number of anilines is 1. The maximum atomic E-state index is 12.0. The molecule has 0 unspecified atom stereocenters. The summed E-state index contributed by atoms with van der Waals surface area (Å²) in [7, 11) is 0. The number of carbonyl (C=O) groups excluding carboxylic acids is 1. The van der Waals surface area contributed by atoms with Crippen LogP contribution in [0.4, 0.5) is 5.82 Å². The summed E-state index contributed by atoms with van der Waals surface area (Å²) >= 11 is 0. The van der Waals surface area contributed by atoms with E-state index in [1.165, 1.54) is 0 Å². The van der Waals surface area contributed by atoms with Crippen LogP contribution in [0.5, 0.6) is 0 Å². The van der Waals surface area contributed by atoms with Crippen molar-refractivity contribution in [3.63, 3.8) is 0 Å². The summed E-state index contributed by atoms with van der Waals surface area (Å²) in [6, 6.07) is 7.73. The second-order valence-electron chi connectivity index (χ2n) is 5.11. The fourth-order valence-electron chi connectivity index (χ4n) is 1.95. The van der Waals surface area contributed by atoms with E-state index in [2.05, 4.69) is 25.6 Å². The van der Waals surface area contributed by atoms with Crippen molar-refractivity contribution in [3.05, 3.63) is 47.7 Å². The van der Waals surface area contributed by atoms with Gasteiger partial charge in [0.25, 0.3) is 5.91 Å². The minimum Gasteiger partial charge on any atom is -0.364 e. The van der Waals surface area contributed by atoms with E-state index >= 15 is 0 Å². The molecule has 0 bridgehead atoms. The monoisotopic (exact) mass is 283 g/mol. The van der Waals surface area contributed by atoms with Crippen molar-refractivity contribution in [3.8, 4) is 0 Å². The van der Waals surface area contributed by atoms with Crippen LogP contribution in [0.2, 0.25) is 0 Å². The third-order valence-corrected chi connectivity index (χ3v) is 3.16. The number of nitrogens with one attached hydrogen (secondary N) is 2. The maximum absolute atomic E-state index is 12.0. The van der Waals surface area contributed by atoms with E-state index in [-0.39, 0.29) is 5.91 Å². The Balaban J connectivity index is 1.69. The van der Waals surface area contributed by atoms with Gasteiger partial charge in [-0.1, -0.05) is 6.07 Å². The van der Waals surface area contributed by atoms with Crippen LogP contribution in [0.15, 0.2) is 30.5 Å². The lowest BCUT2D eigenvalue weighted by Crippen LogP contribution is -2.26. The highest BCUT2D eigenvalue weighted by molar-refractivity contribution is 5.93. The highest BCUT2D eigenvalue weighted by atomic mass is 16.2. The average molecular weight is 283 g/mol. The van der Waals surface area contributed by atoms with Crippen LogP contribution in [-0.2, 0) is 6.54 Å². The maximum Gasteiger partial charge on any atom is 0.270 e. The molecule has 0 aromatic carbocycles. The van der Waals surface area contributed by atoms with Crippen molar-refractivity contribution in [2.24, 2.45) is 0 Å². The van der Waals surface area contributed by atoms with Crippen LogP contribution in [0.3, 0.4) is 0 Å². The Hall–Kier alpha value is -2.50. The van der Waals surface area contributed by atoms with Crippen LogP contribution < -0.4 is 10.6 Å². The highest BCUT2D eigenvalue weighted by Crippen LogP contribution is 2.19. The van der Waals surface area contributed by atoms with Gasteiger partial charge in [0.1, 0.15) is 17.3 Å². The van der Waals surface area contributed by atoms with Crippen molar-refractivity contribution < 1.29 is 4.79 Å². The molecule has 108 valence electrons. The number of rotatable bonds is 5. The molecule has 6 heteroatoms. The van der Waals surface area contributed by atoms with Crippen LogP contribution in [-0.4, -0.2) is 26.9 Å². The molecular weight excluding hydrogens is 266 g/mol. The molecule has 21 heavy (non-hydrogen) atoms. The minimum absolute atomic E-state index is 0.135. The number of amides is 1. The van der Waals surface area contributed by atoms with E-state index in [0.717, 1.165) is 18.5 Å². The molecule has 0 aliphatic heterocycles. The first-order valence-corrected chi connectivity index (χ1v) is 7.01. The Morgan fingerprint density at radius 2 is 2.19 bits per heavy atom. The minimum atomic E-state index is -0.135. The molecule has 0 radical (unpaired) electrons. The van der Waals surface area contributed by atoms with Crippen molar-refractivity contribution in [1.82, 2.24) is 20.3 Å². The van der Waals surface area contributed by atoms with Gasteiger partial charge in [-0.2, -0.15) is 0 Å². The predicted octanol–water partition coefficient (Wildman–Crippen LogP) is 1.68. The van der Waals surface area contributed by atoms with E-state index in [9.17, 15) is 4.79 Å². The van der Waals surface area contributed by atoms with Gasteiger partial charge in [0, 0.05) is 18.3 Å². The van der Waals surface area contributed by atoms with Crippen molar-refractivity contribution in [2.75, 3.05) is 5.32 Å². The Labute approximate surface area is 123 Å². The van der Waals surface area contributed by atoms with Crippen LogP contribution in [0.1, 0.15) is 34.8 Å². The van der Waals surface area contributed by atoms with Gasteiger partial charge in [-0.3, -0.25) is 9.78 Å². The molecule has 3 rings (SSSR count). The molecule has 1 saturated carbocycles. The van der Waals surface area contributed by atoms with E-state index in [4.69, 9.17) is 0 Å². The van der Waals surface area contributed by atoms with Gasteiger partial charge in [-0.15, -0.1) is 0 Å². The van der Waals surface area contributed by atoms with Gasteiger partial charge in [0.15, 0.2) is 0 Å². The number of aryl methyl sites for hydroxylation is 1. The van der Waals surface area contributed by atoms with E-state index in [1.807, 2.05) is 18.2 Å². The molecular formula is C15H17N5O. The number of carbonyl (C=O) groups is 1. The lowest BCUT2D eigenvalue weighted by Gasteiger charge is -2.08. The summed E-state index contributed by atoms with van der Waals surface area (Å²) in [6.45, 7) is 2.33. The highest BCUT2D eigenvalue weighted by Gasteiger charge is 2.24. The average Bonchev–Trinajstić information content (AvgIpc) is 3.29. The first-order chi connectivity index (χ1) is 10.2. The lowest BCUT2D eigenvalue weighted by molar-refractivity contribution is 0.0945. The molecule has 0 saturated heterocycles. The first kappa shape index (κ1) is 13.5. The molecule has 2 N–H and O–H groups in total. The number of aromatic nitrogens is 3. The summed E-state index contributed by atoms with van der Waals surface area (Å²) in [4.78, 5) is 24.8. The molecule has 1 aliphatic rings. The normalized spacial score (nSPS) is 13.8. The fourth-order valence-corrected chi connectivity index (χ4v) is 1.95. The van der Waals surface area contributed by atoms with Gasteiger partial charge < -0.3 is 10.6 Å². The molecule has 2 aromatic heterocycles. The SMILES string of the molecule is Cc1nc(NCc2ccccn2)cc(C(=O)NC2CC2)n1. The molecule has 0 spiro atoms. The van der Waals surface area contributed by atoms with Crippen LogP contribution in [0.25, 0.3) is 0 Å². The van der Waals surface area contributed by atoms with Crippen LogP contribution in [0, 0.1) is 6.92 Å². The smallest absolute Gasteiger partial charge is 0.270 e. The quantitative estimate of drug-likeness (QED) is 0.872. The number of hydrogen-bond acceptors (Lipinski definition) is 5. The van der Waals surface area contributed by atoms with Crippen LogP contribution >= 0.6 is 0 Å².